The number of rotatable bonds is 7. The molecule has 2 N–H and O–H groups in total. The van der Waals surface area contributed by atoms with Crippen LogP contribution < -0.4 is 9.64 Å². The number of aromatic amines is 1. The average molecular weight is 929 g/mol. The lowest BCUT2D eigenvalue weighted by Crippen LogP contribution is -2.69. The van der Waals surface area contributed by atoms with E-state index in [4.69, 9.17) is 14.2 Å². The SMILES string of the molecule is C=C(C)OC1C(O)C2N(C)c3cc(OC)ccc3C23CCN2CC=CC1C23.CC.CC.CC.CC.CC.CCC1=CC2CC(CC(=O)OC)c3[nH]c4ccccc4c3CCN(C1)C2.CCCC. The van der Waals surface area contributed by atoms with Gasteiger partial charge in [0.25, 0.3) is 0 Å². The normalized spacial score (nSPS) is 26.5. The van der Waals surface area contributed by atoms with Gasteiger partial charge < -0.3 is 29.2 Å². The topological polar surface area (TPSA) is 90.5 Å². The summed E-state index contributed by atoms with van der Waals surface area (Å²) in [7, 11) is 5.29. The van der Waals surface area contributed by atoms with Crippen LogP contribution in [0.4, 0.5) is 5.69 Å². The van der Waals surface area contributed by atoms with E-state index in [1.54, 1.807) is 7.11 Å². The largest absolute Gasteiger partial charge is 0.497 e. The molecule has 1 saturated carbocycles. The molecule has 3 aromatic rings. The van der Waals surface area contributed by atoms with Crippen LogP contribution in [0.1, 0.15) is 158 Å². The van der Waals surface area contributed by atoms with E-state index in [0.717, 1.165) is 64.2 Å². The number of ether oxygens (including phenoxy) is 3. The maximum Gasteiger partial charge on any atom is 0.306 e. The number of hydrogen-bond donors (Lipinski definition) is 2. The number of nitrogens with zero attached hydrogens (tertiary/aromatic N) is 3. The van der Waals surface area contributed by atoms with Crippen molar-refractivity contribution < 1.29 is 24.1 Å². The second-order valence-electron chi connectivity index (χ2n) is 17.1. The Kier molecular flexibility index (Phi) is 26.2. The molecule has 67 heavy (non-hydrogen) atoms. The molecule has 5 aliphatic heterocycles. The van der Waals surface area contributed by atoms with Crippen LogP contribution in [0.5, 0.6) is 5.75 Å². The van der Waals surface area contributed by atoms with E-state index >= 15 is 0 Å². The molecule has 1 aliphatic carbocycles. The molecule has 6 heterocycles. The fourth-order valence-corrected chi connectivity index (χ4v) is 11.1. The molecule has 2 aromatic carbocycles. The van der Waals surface area contributed by atoms with E-state index in [1.807, 2.05) is 76.2 Å². The van der Waals surface area contributed by atoms with Crippen molar-refractivity contribution >= 4 is 22.6 Å². The third kappa shape index (κ3) is 13.2. The number of H-pyrrole nitrogens is 1. The molecule has 2 bridgehead atoms. The summed E-state index contributed by atoms with van der Waals surface area (Å²) in [4.78, 5) is 23.2. The standard InChI is InChI=1S/C22H28N2O3.C22H28N2O2.C4H10.5C2H6/c1-13(2)27-19-15-6-5-10-24-11-9-22(20(15)24)16-8-7-14(26-4)12-17(16)23(3)21(22)18(19)25;1-3-15-10-16-11-17(12-21(25)26-2)22-19(8-9-24(13-15)14-16)18-6-4-5-7-20(18)23-22;1-3-4-2;5*1-2/h5-8,12,15,18-21,25H,1,9-11H2,2-4H3;4-7,10,16-17,23H,3,8-9,11-14H2,1-2H3;3-4H2,1-2H3;5*1-2H3. The molecule has 9 rings (SSSR count). The van der Waals surface area contributed by atoms with Crippen LogP contribution in [0, 0.1) is 11.8 Å². The minimum atomic E-state index is -0.589. The Balaban J connectivity index is 0.000000364. The molecule has 1 saturated heterocycles. The van der Waals surface area contributed by atoms with Crippen LogP contribution in [0.2, 0.25) is 0 Å². The summed E-state index contributed by atoms with van der Waals surface area (Å²) >= 11 is 0. The van der Waals surface area contributed by atoms with Crippen molar-refractivity contribution in [1.82, 2.24) is 14.8 Å². The monoisotopic (exact) mass is 929 g/mol. The number of carbonyl (C=O) groups is 1. The Morgan fingerprint density at radius 1 is 0.925 bits per heavy atom. The molecule has 9 heteroatoms. The highest BCUT2D eigenvalue weighted by atomic mass is 16.5. The van der Waals surface area contributed by atoms with Crippen LogP contribution in [0.15, 0.2) is 78.6 Å². The van der Waals surface area contributed by atoms with Crippen LogP contribution in [-0.2, 0) is 26.1 Å². The predicted octanol–water partition coefficient (Wildman–Crippen LogP) is 13.3. The average Bonchev–Trinajstić information content (AvgIpc) is 4.05. The number of carbonyl (C=O) groups excluding carboxylic acids is 1. The Morgan fingerprint density at radius 2 is 1.60 bits per heavy atom. The van der Waals surface area contributed by atoms with Crippen LogP contribution in [0.25, 0.3) is 10.9 Å². The van der Waals surface area contributed by atoms with Gasteiger partial charge >= 0.3 is 5.97 Å². The summed E-state index contributed by atoms with van der Waals surface area (Å²) in [6.07, 6.45) is 13.4. The lowest BCUT2D eigenvalue weighted by atomic mass is 9.58. The highest BCUT2D eigenvalue weighted by Gasteiger charge is 2.68. The molecule has 2 fully saturated rings. The summed E-state index contributed by atoms with van der Waals surface area (Å²) in [5.74, 6) is 2.24. The number of para-hydroxylation sites is 1. The van der Waals surface area contributed by atoms with Gasteiger partial charge in [-0.3, -0.25) is 14.6 Å². The Morgan fingerprint density at radius 3 is 2.21 bits per heavy atom. The number of benzene rings is 2. The first kappa shape index (κ1) is 59.1. The van der Waals surface area contributed by atoms with Gasteiger partial charge in [0, 0.05) is 84.9 Å². The van der Waals surface area contributed by atoms with Crippen molar-refractivity contribution in [2.45, 2.75) is 178 Å². The number of unbranched alkanes of at least 4 members (excludes halogenated alkanes) is 1. The number of esters is 1. The highest BCUT2D eigenvalue weighted by Crippen LogP contribution is 2.60. The molecule has 0 amide bonds. The number of methoxy groups -OCH3 is 2. The van der Waals surface area contributed by atoms with Gasteiger partial charge in [-0.15, -0.1) is 0 Å². The van der Waals surface area contributed by atoms with Crippen molar-refractivity contribution in [2.75, 3.05) is 58.9 Å². The molecule has 9 unspecified atom stereocenters. The summed E-state index contributed by atoms with van der Waals surface area (Å²) in [5, 5.41) is 12.8. The highest BCUT2D eigenvalue weighted by molar-refractivity contribution is 5.85. The molecule has 1 aromatic heterocycles. The van der Waals surface area contributed by atoms with Gasteiger partial charge in [-0.2, -0.15) is 0 Å². The van der Waals surface area contributed by atoms with Crippen molar-refractivity contribution in [3.8, 4) is 5.75 Å². The maximum atomic E-state index is 12.1. The first-order valence-electron chi connectivity index (χ1n) is 26.5. The molecular weight excluding hydrogens is 833 g/mol. The van der Waals surface area contributed by atoms with E-state index in [0.29, 0.717) is 24.1 Å². The van der Waals surface area contributed by atoms with Crippen LogP contribution in [-0.4, -0.2) is 104 Å². The number of fused-ring (bicyclic) bond motifs is 6. The van der Waals surface area contributed by atoms with Gasteiger partial charge in [0.15, 0.2) is 0 Å². The third-order valence-electron chi connectivity index (χ3n) is 13.7. The minimum Gasteiger partial charge on any atom is -0.497 e. The van der Waals surface area contributed by atoms with Gasteiger partial charge in [-0.1, -0.05) is 157 Å². The van der Waals surface area contributed by atoms with Crippen LogP contribution >= 0.6 is 0 Å². The van der Waals surface area contributed by atoms with Gasteiger partial charge in [0.2, 0.25) is 0 Å². The zero-order chi connectivity index (χ0) is 50.4. The summed E-state index contributed by atoms with van der Waals surface area (Å²) < 4.78 is 16.6. The van der Waals surface area contributed by atoms with Crippen molar-refractivity contribution in [3.05, 3.63) is 95.4 Å². The summed E-state index contributed by atoms with van der Waals surface area (Å²) in [6.45, 7) is 37.7. The second-order valence-corrected chi connectivity index (χ2v) is 17.1. The smallest absolute Gasteiger partial charge is 0.306 e. The van der Waals surface area contributed by atoms with E-state index in [9.17, 15) is 9.90 Å². The van der Waals surface area contributed by atoms with Gasteiger partial charge in [0.1, 0.15) is 18.0 Å². The number of aliphatic hydroxyl groups is 1. The van der Waals surface area contributed by atoms with E-state index in [-0.39, 0.29) is 35.4 Å². The molecule has 0 radical (unpaired) electrons. The fraction of sp³-hybridized carbons (Fsp3) is 0.638. The number of allylic oxidation sites excluding steroid dienone is 1. The zero-order valence-electron chi connectivity index (χ0n) is 45.4. The number of nitrogens with one attached hydrogen (secondary N) is 1. The van der Waals surface area contributed by atoms with E-state index < -0.39 is 6.10 Å². The molecule has 9 nitrogen and oxygen atoms in total. The molecule has 378 valence electrons. The van der Waals surface area contributed by atoms with Crippen LogP contribution in [0.3, 0.4) is 0 Å². The Labute approximate surface area is 409 Å². The molecule has 1 spiro atoms. The van der Waals surface area contributed by atoms with Gasteiger partial charge in [-0.05, 0) is 68.3 Å². The van der Waals surface area contributed by atoms with Gasteiger partial charge in [0.05, 0.1) is 32.4 Å². The van der Waals surface area contributed by atoms with Crippen molar-refractivity contribution in [3.63, 3.8) is 0 Å². The number of aliphatic hydroxyl groups excluding tert-OH is 1. The fourth-order valence-electron chi connectivity index (χ4n) is 11.1. The zero-order valence-corrected chi connectivity index (χ0v) is 45.4. The van der Waals surface area contributed by atoms with Crippen molar-refractivity contribution in [1.29, 1.82) is 0 Å². The van der Waals surface area contributed by atoms with Gasteiger partial charge in [-0.25, -0.2) is 0 Å². The maximum absolute atomic E-state index is 12.1. The lowest BCUT2D eigenvalue weighted by Gasteiger charge is -2.55. The Bertz CT molecular complexity index is 1970. The van der Waals surface area contributed by atoms with E-state index in [2.05, 4.69) is 115 Å². The first-order valence-corrected chi connectivity index (χ1v) is 26.5. The van der Waals surface area contributed by atoms with Crippen molar-refractivity contribution in [2.24, 2.45) is 11.8 Å². The number of aromatic nitrogens is 1. The number of hydrogen-bond acceptors (Lipinski definition) is 8. The Hall–Kier alpha value is -4.05. The third-order valence-corrected chi connectivity index (χ3v) is 13.7. The minimum absolute atomic E-state index is 0.0123. The summed E-state index contributed by atoms with van der Waals surface area (Å²) in [6, 6.07) is 15.2. The lowest BCUT2D eigenvalue weighted by molar-refractivity contribution is -0.141. The molecular formula is C58H96N4O5. The molecule has 6 aliphatic rings. The number of likely N-dealkylation sites (N-methyl/N-ethyl adjacent to an activating group) is 1. The van der Waals surface area contributed by atoms with E-state index in [1.165, 1.54) is 58.9 Å². The molecule has 9 atom stereocenters. The first-order chi connectivity index (χ1) is 32.6. The summed E-state index contributed by atoms with van der Waals surface area (Å²) in [5.41, 5.74) is 7.78. The second kappa shape index (κ2) is 29.8. The quantitative estimate of drug-likeness (QED) is 0.138. The predicted molar refractivity (Wildman–Crippen MR) is 287 cm³/mol. The number of anilines is 1.